The molecule has 0 aromatic heterocycles. The number of hydrazine groups is 1. The summed E-state index contributed by atoms with van der Waals surface area (Å²) in [6.07, 6.45) is 1.41. The monoisotopic (exact) mass is 337 g/mol. The van der Waals surface area contributed by atoms with Gasteiger partial charge < -0.3 is 15.1 Å². The van der Waals surface area contributed by atoms with Gasteiger partial charge in [-0.1, -0.05) is 0 Å². The summed E-state index contributed by atoms with van der Waals surface area (Å²) in [6, 6.07) is 4.92. The van der Waals surface area contributed by atoms with Gasteiger partial charge in [0.25, 0.3) is 5.91 Å². The first-order chi connectivity index (χ1) is 11.5. The van der Waals surface area contributed by atoms with E-state index >= 15 is 0 Å². The number of rotatable bonds is 6. The Morgan fingerprint density at radius 1 is 1.29 bits per heavy atom. The SMILES string of the molecule is CN(C)CCNC(=O)N1CCCC1C(=O)NNc1ccc(F)cc1. The van der Waals surface area contributed by atoms with E-state index in [0.29, 0.717) is 25.2 Å². The summed E-state index contributed by atoms with van der Waals surface area (Å²) < 4.78 is 12.9. The van der Waals surface area contributed by atoms with Crippen molar-refractivity contribution >= 4 is 17.6 Å². The first-order valence-corrected chi connectivity index (χ1v) is 7.98. The van der Waals surface area contributed by atoms with E-state index in [1.165, 1.54) is 24.3 Å². The van der Waals surface area contributed by atoms with Gasteiger partial charge in [0.1, 0.15) is 11.9 Å². The maximum absolute atomic E-state index is 12.9. The van der Waals surface area contributed by atoms with Crippen LogP contribution >= 0.6 is 0 Å². The van der Waals surface area contributed by atoms with Crippen molar-refractivity contribution in [2.24, 2.45) is 0 Å². The molecular weight excluding hydrogens is 313 g/mol. The van der Waals surface area contributed by atoms with Crippen LogP contribution in [0.4, 0.5) is 14.9 Å². The molecule has 1 aromatic carbocycles. The average molecular weight is 337 g/mol. The van der Waals surface area contributed by atoms with Crippen molar-refractivity contribution in [3.05, 3.63) is 30.1 Å². The summed E-state index contributed by atoms with van der Waals surface area (Å²) >= 11 is 0. The predicted octanol–water partition coefficient (Wildman–Crippen LogP) is 1.00. The summed E-state index contributed by atoms with van der Waals surface area (Å²) in [4.78, 5) is 28.0. The summed E-state index contributed by atoms with van der Waals surface area (Å²) in [7, 11) is 3.86. The van der Waals surface area contributed by atoms with Crippen molar-refractivity contribution < 1.29 is 14.0 Å². The van der Waals surface area contributed by atoms with Gasteiger partial charge in [-0.05, 0) is 51.2 Å². The van der Waals surface area contributed by atoms with Gasteiger partial charge in [-0.2, -0.15) is 0 Å². The molecule has 1 unspecified atom stereocenters. The third-order valence-corrected chi connectivity index (χ3v) is 3.83. The molecule has 3 N–H and O–H groups in total. The van der Waals surface area contributed by atoms with E-state index in [1.54, 1.807) is 4.90 Å². The minimum absolute atomic E-state index is 0.226. The van der Waals surface area contributed by atoms with Crippen molar-refractivity contribution in [2.75, 3.05) is 39.2 Å². The maximum Gasteiger partial charge on any atom is 0.318 e. The van der Waals surface area contributed by atoms with Gasteiger partial charge in [-0.3, -0.25) is 15.6 Å². The molecule has 1 aliphatic rings. The quantitative estimate of drug-likeness (QED) is 0.677. The second-order valence-electron chi connectivity index (χ2n) is 6.01. The van der Waals surface area contributed by atoms with Gasteiger partial charge in [0.05, 0.1) is 5.69 Å². The number of nitrogens with zero attached hydrogens (tertiary/aromatic N) is 2. The van der Waals surface area contributed by atoms with E-state index in [0.717, 1.165) is 13.0 Å². The van der Waals surface area contributed by atoms with Gasteiger partial charge in [0.2, 0.25) is 0 Å². The zero-order valence-corrected chi connectivity index (χ0v) is 14.0. The van der Waals surface area contributed by atoms with Crippen molar-refractivity contribution in [1.29, 1.82) is 0 Å². The highest BCUT2D eigenvalue weighted by molar-refractivity contribution is 5.88. The fourth-order valence-electron chi connectivity index (χ4n) is 2.52. The number of amides is 3. The van der Waals surface area contributed by atoms with Crippen molar-refractivity contribution in [3.8, 4) is 0 Å². The lowest BCUT2D eigenvalue weighted by molar-refractivity contribution is -0.124. The molecule has 1 aromatic rings. The van der Waals surface area contributed by atoms with Crippen molar-refractivity contribution in [2.45, 2.75) is 18.9 Å². The number of likely N-dealkylation sites (tertiary alicyclic amines) is 1. The summed E-state index contributed by atoms with van der Waals surface area (Å²) in [6.45, 7) is 1.83. The molecule has 1 heterocycles. The van der Waals surface area contributed by atoms with Crippen LogP contribution in [0, 0.1) is 5.82 Å². The highest BCUT2D eigenvalue weighted by Crippen LogP contribution is 2.17. The number of hydrogen-bond acceptors (Lipinski definition) is 4. The predicted molar refractivity (Wildman–Crippen MR) is 89.8 cm³/mol. The third-order valence-electron chi connectivity index (χ3n) is 3.83. The van der Waals surface area contributed by atoms with Gasteiger partial charge in [-0.25, -0.2) is 9.18 Å². The number of carbonyl (C=O) groups is 2. The molecular formula is C16H24FN5O2. The lowest BCUT2D eigenvalue weighted by atomic mass is 10.2. The van der Waals surface area contributed by atoms with Crippen LogP contribution in [0.2, 0.25) is 0 Å². The molecule has 1 atom stereocenters. The van der Waals surface area contributed by atoms with Gasteiger partial charge in [-0.15, -0.1) is 0 Å². The molecule has 132 valence electrons. The van der Waals surface area contributed by atoms with E-state index in [1.807, 2.05) is 19.0 Å². The second-order valence-corrected chi connectivity index (χ2v) is 6.01. The van der Waals surface area contributed by atoms with Crippen LogP contribution in [0.15, 0.2) is 24.3 Å². The van der Waals surface area contributed by atoms with E-state index < -0.39 is 6.04 Å². The molecule has 0 saturated carbocycles. The van der Waals surface area contributed by atoms with E-state index in [9.17, 15) is 14.0 Å². The number of carbonyl (C=O) groups excluding carboxylic acids is 2. The standard InChI is InChI=1S/C16H24FN5O2/c1-21(2)11-9-18-16(24)22-10-3-4-14(22)15(23)20-19-13-7-5-12(17)6-8-13/h5-8,14,19H,3-4,9-11H2,1-2H3,(H,18,24)(H,20,23). The van der Waals surface area contributed by atoms with E-state index in [-0.39, 0.29) is 17.8 Å². The number of nitrogens with one attached hydrogen (secondary N) is 3. The topological polar surface area (TPSA) is 76.7 Å². The van der Waals surface area contributed by atoms with Gasteiger partial charge in [0.15, 0.2) is 0 Å². The van der Waals surface area contributed by atoms with Crippen molar-refractivity contribution in [3.63, 3.8) is 0 Å². The van der Waals surface area contributed by atoms with Crippen molar-refractivity contribution in [1.82, 2.24) is 20.5 Å². The summed E-state index contributed by atoms with van der Waals surface area (Å²) in [5.41, 5.74) is 5.89. The first kappa shape index (κ1) is 18.0. The molecule has 7 nitrogen and oxygen atoms in total. The van der Waals surface area contributed by atoms with Crippen LogP contribution in [0.25, 0.3) is 0 Å². The maximum atomic E-state index is 12.9. The molecule has 3 amide bonds. The number of anilines is 1. The molecule has 24 heavy (non-hydrogen) atoms. The van der Waals surface area contributed by atoms with E-state index in [2.05, 4.69) is 16.2 Å². The Kier molecular flexibility index (Phi) is 6.36. The minimum Gasteiger partial charge on any atom is -0.337 e. The van der Waals surface area contributed by atoms with Crippen LogP contribution in [0.1, 0.15) is 12.8 Å². The summed E-state index contributed by atoms with van der Waals surface area (Å²) in [5, 5.41) is 2.82. The molecule has 1 aliphatic heterocycles. The minimum atomic E-state index is -0.502. The number of hydrogen-bond donors (Lipinski definition) is 3. The molecule has 1 saturated heterocycles. The number of likely N-dealkylation sites (N-methyl/N-ethyl adjacent to an activating group) is 1. The molecule has 0 bridgehead atoms. The molecule has 0 spiro atoms. The smallest absolute Gasteiger partial charge is 0.318 e. The van der Waals surface area contributed by atoms with Crippen LogP contribution in [0.3, 0.4) is 0 Å². The Labute approximate surface area is 141 Å². The zero-order chi connectivity index (χ0) is 17.5. The molecule has 1 fully saturated rings. The highest BCUT2D eigenvalue weighted by Gasteiger charge is 2.33. The molecule has 0 aliphatic carbocycles. The number of benzene rings is 1. The second kappa shape index (κ2) is 8.49. The Bertz CT molecular complexity index is 564. The zero-order valence-electron chi connectivity index (χ0n) is 14.0. The number of urea groups is 1. The molecule has 2 rings (SSSR count). The summed E-state index contributed by atoms with van der Waals surface area (Å²) in [5.74, 6) is -0.622. The van der Waals surface area contributed by atoms with Gasteiger partial charge >= 0.3 is 6.03 Å². The van der Waals surface area contributed by atoms with Gasteiger partial charge in [0, 0.05) is 19.6 Å². The average Bonchev–Trinajstić information content (AvgIpc) is 3.03. The Hall–Kier alpha value is -2.35. The fourth-order valence-corrected chi connectivity index (χ4v) is 2.52. The largest absolute Gasteiger partial charge is 0.337 e. The molecule has 8 heteroatoms. The third kappa shape index (κ3) is 5.09. The van der Waals surface area contributed by atoms with Crippen LogP contribution in [0.5, 0.6) is 0 Å². The lowest BCUT2D eigenvalue weighted by Crippen LogP contribution is -2.51. The van der Waals surface area contributed by atoms with Crippen LogP contribution in [-0.4, -0.2) is 61.5 Å². The molecule has 0 radical (unpaired) electrons. The van der Waals surface area contributed by atoms with E-state index in [4.69, 9.17) is 0 Å². The Morgan fingerprint density at radius 3 is 2.67 bits per heavy atom. The highest BCUT2D eigenvalue weighted by atomic mass is 19.1. The first-order valence-electron chi connectivity index (χ1n) is 7.98. The fraction of sp³-hybridized carbons (Fsp3) is 0.500. The normalized spacial score (nSPS) is 17.0. The number of halogens is 1. The lowest BCUT2D eigenvalue weighted by Gasteiger charge is -2.24. The Balaban J connectivity index is 1.83. The Morgan fingerprint density at radius 2 is 2.00 bits per heavy atom. The van der Waals surface area contributed by atoms with Crippen LogP contribution < -0.4 is 16.2 Å². The van der Waals surface area contributed by atoms with Crippen LogP contribution in [-0.2, 0) is 4.79 Å².